The number of nitrogens with zero attached hydrogens (tertiary/aromatic N) is 1. The molecule has 20 heavy (non-hydrogen) atoms. The molecule has 0 saturated carbocycles. The van der Waals surface area contributed by atoms with E-state index in [1.165, 1.54) is 13.8 Å². The minimum Gasteiger partial charge on any atom is -0.493 e. The van der Waals surface area contributed by atoms with E-state index in [9.17, 15) is 9.59 Å². The highest BCUT2D eigenvalue weighted by molar-refractivity contribution is 5.66. The summed E-state index contributed by atoms with van der Waals surface area (Å²) in [6, 6.07) is 1.75. The molecule has 1 aromatic heterocycles. The van der Waals surface area contributed by atoms with Crippen molar-refractivity contribution in [1.82, 2.24) is 4.98 Å². The van der Waals surface area contributed by atoms with Gasteiger partial charge in [0.2, 0.25) is 0 Å². The van der Waals surface area contributed by atoms with E-state index in [2.05, 4.69) is 4.98 Å². The molecule has 0 unspecified atom stereocenters. The van der Waals surface area contributed by atoms with E-state index >= 15 is 0 Å². The number of carbonyl (C=O) groups is 2. The third kappa shape index (κ3) is 5.69. The van der Waals surface area contributed by atoms with Crippen LogP contribution in [0.15, 0.2) is 12.3 Å². The molecule has 0 N–H and O–H groups in total. The van der Waals surface area contributed by atoms with Crippen molar-refractivity contribution in [2.45, 2.75) is 33.8 Å². The number of aromatic nitrogens is 1. The van der Waals surface area contributed by atoms with Gasteiger partial charge in [-0.05, 0) is 13.0 Å². The van der Waals surface area contributed by atoms with E-state index in [1.54, 1.807) is 12.3 Å². The van der Waals surface area contributed by atoms with E-state index in [4.69, 9.17) is 14.2 Å². The first kappa shape index (κ1) is 15.9. The molecular formula is C14H19NO5. The second kappa shape index (κ2) is 8.14. The summed E-state index contributed by atoms with van der Waals surface area (Å²) >= 11 is 0. The normalized spacial score (nSPS) is 9.95. The van der Waals surface area contributed by atoms with Gasteiger partial charge in [-0.2, -0.15) is 0 Å². The highest BCUT2D eigenvalue weighted by atomic mass is 16.5. The maximum absolute atomic E-state index is 10.8. The first-order valence-electron chi connectivity index (χ1n) is 6.34. The lowest BCUT2D eigenvalue weighted by molar-refractivity contribution is -0.142. The number of pyridine rings is 1. The lowest BCUT2D eigenvalue weighted by Crippen LogP contribution is -2.08. The summed E-state index contributed by atoms with van der Waals surface area (Å²) in [7, 11) is 0. The Bertz CT molecular complexity index is 473. The van der Waals surface area contributed by atoms with E-state index in [0.29, 0.717) is 31.1 Å². The van der Waals surface area contributed by atoms with E-state index < -0.39 is 0 Å². The van der Waals surface area contributed by atoms with Crippen molar-refractivity contribution in [3.05, 3.63) is 23.5 Å². The van der Waals surface area contributed by atoms with Crippen LogP contribution in [0.1, 0.15) is 31.5 Å². The van der Waals surface area contributed by atoms with Gasteiger partial charge in [0, 0.05) is 32.0 Å². The number of hydrogen-bond acceptors (Lipinski definition) is 6. The van der Waals surface area contributed by atoms with Gasteiger partial charge in [0.15, 0.2) is 0 Å². The zero-order valence-corrected chi connectivity index (χ0v) is 12.0. The van der Waals surface area contributed by atoms with Crippen molar-refractivity contribution in [2.24, 2.45) is 0 Å². The maximum atomic E-state index is 10.8. The van der Waals surface area contributed by atoms with E-state index in [0.717, 1.165) is 5.56 Å². The third-order valence-corrected chi connectivity index (χ3v) is 2.52. The second-order valence-electron chi connectivity index (χ2n) is 4.20. The van der Waals surface area contributed by atoms with Gasteiger partial charge in [0.1, 0.15) is 12.4 Å². The second-order valence-corrected chi connectivity index (χ2v) is 4.20. The van der Waals surface area contributed by atoms with E-state index in [1.807, 2.05) is 6.92 Å². The molecule has 0 fully saturated rings. The molecule has 0 atom stereocenters. The Hall–Kier alpha value is -2.11. The highest BCUT2D eigenvalue weighted by Crippen LogP contribution is 2.20. The molecule has 6 heteroatoms. The first-order chi connectivity index (χ1) is 9.50. The molecule has 0 saturated heterocycles. The third-order valence-electron chi connectivity index (χ3n) is 2.52. The smallest absolute Gasteiger partial charge is 0.303 e. The summed E-state index contributed by atoms with van der Waals surface area (Å²) in [5.41, 5.74) is 1.50. The van der Waals surface area contributed by atoms with E-state index in [-0.39, 0.29) is 18.5 Å². The van der Waals surface area contributed by atoms with Crippen molar-refractivity contribution in [3.8, 4) is 5.75 Å². The fourth-order valence-corrected chi connectivity index (χ4v) is 1.49. The summed E-state index contributed by atoms with van der Waals surface area (Å²) in [4.78, 5) is 25.5. The molecule has 0 spiro atoms. The van der Waals surface area contributed by atoms with Gasteiger partial charge >= 0.3 is 11.9 Å². The average Bonchev–Trinajstić information content (AvgIpc) is 2.38. The average molecular weight is 281 g/mol. The van der Waals surface area contributed by atoms with Gasteiger partial charge in [-0.15, -0.1) is 0 Å². The number of hydrogen-bond donors (Lipinski definition) is 0. The van der Waals surface area contributed by atoms with Crippen LogP contribution in [0.4, 0.5) is 0 Å². The minimum atomic E-state index is -0.348. The van der Waals surface area contributed by atoms with Crippen LogP contribution < -0.4 is 4.74 Å². The molecule has 0 bridgehead atoms. The molecule has 0 aromatic carbocycles. The van der Waals surface area contributed by atoms with Gasteiger partial charge in [-0.1, -0.05) is 0 Å². The molecule has 0 aliphatic heterocycles. The lowest BCUT2D eigenvalue weighted by atomic mass is 10.2. The van der Waals surface area contributed by atoms with Crippen LogP contribution in [-0.4, -0.2) is 30.1 Å². The number of ether oxygens (including phenoxy) is 3. The number of rotatable bonds is 7. The van der Waals surface area contributed by atoms with Crippen LogP contribution in [0.2, 0.25) is 0 Å². The summed E-state index contributed by atoms with van der Waals surface area (Å²) in [5.74, 6) is 0.0395. The summed E-state index contributed by atoms with van der Waals surface area (Å²) in [6.45, 7) is 5.48. The Labute approximate surface area is 118 Å². The van der Waals surface area contributed by atoms with Crippen molar-refractivity contribution in [1.29, 1.82) is 0 Å². The Kier molecular flexibility index (Phi) is 6.49. The molecule has 1 rings (SSSR count). The summed E-state index contributed by atoms with van der Waals surface area (Å²) in [6.07, 6.45) is 2.22. The minimum absolute atomic E-state index is 0.131. The molecule has 0 amide bonds. The Morgan fingerprint density at radius 3 is 2.50 bits per heavy atom. The zero-order valence-electron chi connectivity index (χ0n) is 12.0. The SMILES string of the molecule is CC(=O)OCCCOc1ccnc(COC(C)=O)c1C. The zero-order chi connectivity index (χ0) is 15.0. The van der Waals surface area contributed by atoms with Crippen LogP contribution in [0.5, 0.6) is 5.75 Å². The van der Waals surface area contributed by atoms with Crippen molar-refractivity contribution in [2.75, 3.05) is 13.2 Å². The Morgan fingerprint density at radius 2 is 1.85 bits per heavy atom. The van der Waals surface area contributed by atoms with Crippen LogP contribution in [0.25, 0.3) is 0 Å². The molecule has 6 nitrogen and oxygen atoms in total. The predicted molar refractivity (Wildman–Crippen MR) is 71.2 cm³/mol. The van der Waals surface area contributed by atoms with Crippen LogP contribution in [-0.2, 0) is 25.7 Å². The van der Waals surface area contributed by atoms with Gasteiger partial charge in [0.05, 0.1) is 18.9 Å². The number of carbonyl (C=O) groups excluding carboxylic acids is 2. The molecule has 1 heterocycles. The van der Waals surface area contributed by atoms with Crippen LogP contribution >= 0.6 is 0 Å². The molecule has 110 valence electrons. The lowest BCUT2D eigenvalue weighted by Gasteiger charge is -2.12. The predicted octanol–water partition coefficient (Wildman–Crippen LogP) is 1.79. The van der Waals surface area contributed by atoms with Gasteiger partial charge < -0.3 is 14.2 Å². The maximum Gasteiger partial charge on any atom is 0.303 e. The number of esters is 2. The van der Waals surface area contributed by atoms with Crippen molar-refractivity contribution >= 4 is 11.9 Å². The molecule has 0 aliphatic rings. The molecular weight excluding hydrogens is 262 g/mol. The fourth-order valence-electron chi connectivity index (χ4n) is 1.49. The highest BCUT2D eigenvalue weighted by Gasteiger charge is 2.08. The first-order valence-corrected chi connectivity index (χ1v) is 6.34. The van der Waals surface area contributed by atoms with Crippen molar-refractivity contribution < 1.29 is 23.8 Å². The molecule has 0 radical (unpaired) electrons. The Balaban J connectivity index is 2.47. The monoisotopic (exact) mass is 281 g/mol. The van der Waals surface area contributed by atoms with Gasteiger partial charge in [-0.3, -0.25) is 14.6 Å². The van der Waals surface area contributed by atoms with Crippen molar-refractivity contribution in [3.63, 3.8) is 0 Å². The standard InChI is InChI=1S/C14H19NO5/c1-10-13(9-20-12(3)17)15-6-5-14(10)19-8-4-7-18-11(2)16/h5-6H,4,7-9H2,1-3H3. The summed E-state index contributed by atoms with van der Waals surface area (Å²) < 4.78 is 15.3. The molecule has 0 aliphatic carbocycles. The van der Waals surface area contributed by atoms with Gasteiger partial charge in [-0.25, -0.2) is 0 Å². The fraction of sp³-hybridized carbons (Fsp3) is 0.500. The van der Waals surface area contributed by atoms with Crippen LogP contribution in [0, 0.1) is 6.92 Å². The summed E-state index contributed by atoms with van der Waals surface area (Å²) in [5, 5.41) is 0. The van der Waals surface area contributed by atoms with Crippen LogP contribution in [0.3, 0.4) is 0 Å². The quantitative estimate of drug-likeness (QED) is 0.560. The Morgan fingerprint density at radius 1 is 1.15 bits per heavy atom. The largest absolute Gasteiger partial charge is 0.493 e. The molecule has 1 aromatic rings. The topological polar surface area (TPSA) is 74.7 Å². The van der Waals surface area contributed by atoms with Gasteiger partial charge in [0.25, 0.3) is 0 Å².